The lowest BCUT2D eigenvalue weighted by Gasteiger charge is -2.14. The first-order valence-corrected chi connectivity index (χ1v) is 6.93. The predicted octanol–water partition coefficient (Wildman–Crippen LogP) is 1.36. The lowest BCUT2D eigenvalue weighted by atomic mass is 10.1. The molecule has 2 aromatic rings. The summed E-state index contributed by atoms with van der Waals surface area (Å²) in [6.07, 6.45) is 1.66. The number of benzene rings is 1. The van der Waals surface area contributed by atoms with E-state index in [0.29, 0.717) is 12.1 Å². The summed E-state index contributed by atoms with van der Waals surface area (Å²) >= 11 is 0. The molecule has 1 aliphatic rings. The Balaban J connectivity index is 1.87. The maximum absolute atomic E-state index is 14.0. The van der Waals surface area contributed by atoms with Crippen LogP contribution < -0.4 is 10.2 Å². The molecule has 2 heterocycles. The Hall–Kier alpha value is -2.70. The molecule has 1 aliphatic heterocycles. The molecule has 3 rings (SSSR count). The maximum atomic E-state index is 14.0. The number of hydrogen-bond donors (Lipinski definition) is 2. The van der Waals surface area contributed by atoms with Gasteiger partial charge in [-0.05, 0) is 12.1 Å². The fraction of sp³-hybridized carbons (Fsp3) is 0.267. The van der Waals surface area contributed by atoms with Gasteiger partial charge in [-0.2, -0.15) is 5.10 Å². The van der Waals surface area contributed by atoms with Crippen molar-refractivity contribution >= 4 is 28.5 Å². The van der Waals surface area contributed by atoms with Crippen LogP contribution in [-0.4, -0.2) is 35.1 Å². The summed E-state index contributed by atoms with van der Waals surface area (Å²) < 4.78 is 14.0. The van der Waals surface area contributed by atoms with Crippen molar-refractivity contribution in [3.63, 3.8) is 0 Å². The summed E-state index contributed by atoms with van der Waals surface area (Å²) in [5.74, 6) is -1.14. The number of aromatic amines is 1. The van der Waals surface area contributed by atoms with Gasteiger partial charge in [0.2, 0.25) is 11.8 Å². The third-order valence-electron chi connectivity index (χ3n) is 3.69. The molecular weight excluding hydrogens is 287 g/mol. The van der Waals surface area contributed by atoms with Crippen molar-refractivity contribution in [2.75, 3.05) is 18.0 Å². The van der Waals surface area contributed by atoms with Crippen molar-refractivity contribution < 1.29 is 14.0 Å². The van der Waals surface area contributed by atoms with Gasteiger partial charge in [-0.15, -0.1) is 6.58 Å². The van der Waals surface area contributed by atoms with Crippen LogP contribution in [0.1, 0.15) is 6.42 Å². The second kappa shape index (κ2) is 5.59. The first kappa shape index (κ1) is 14.2. The number of rotatable bonds is 4. The van der Waals surface area contributed by atoms with Gasteiger partial charge in [-0.25, -0.2) is 4.39 Å². The second-order valence-corrected chi connectivity index (χ2v) is 5.15. The van der Waals surface area contributed by atoms with Gasteiger partial charge < -0.3 is 5.32 Å². The number of anilines is 1. The van der Waals surface area contributed by atoms with E-state index in [1.54, 1.807) is 18.2 Å². The van der Waals surface area contributed by atoms with Crippen molar-refractivity contribution in [2.45, 2.75) is 6.42 Å². The monoisotopic (exact) mass is 302 g/mol. The van der Waals surface area contributed by atoms with Crippen molar-refractivity contribution in [3.05, 3.63) is 36.7 Å². The molecule has 2 amide bonds. The topological polar surface area (TPSA) is 78.1 Å². The molecule has 114 valence electrons. The Morgan fingerprint density at radius 1 is 1.59 bits per heavy atom. The van der Waals surface area contributed by atoms with E-state index in [9.17, 15) is 14.0 Å². The zero-order chi connectivity index (χ0) is 15.7. The van der Waals surface area contributed by atoms with Gasteiger partial charge in [0.25, 0.3) is 0 Å². The van der Waals surface area contributed by atoms with Gasteiger partial charge >= 0.3 is 0 Å². The van der Waals surface area contributed by atoms with Crippen LogP contribution in [0.5, 0.6) is 0 Å². The molecule has 1 fully saturated rings. The number of carbonyl (C=O) groups excluding carboxylic acids is 2. The number of halogens is 1. The highest BCUT2D eigenvalue weighted by molar-refractivity contribution is 6.05. The fourth-order valence-corrected chi connectivity index (χ4v) is 2.61. The Labute approximate surface area is 126 Å². The average molecular weight is 302 g/mol. The number of carbonyl (C=O) groups is 2. The van der Waals surface area contributed by atoms with Crippen molar-refractivity contribution in [2.24, 2.45) is 5.92 Å². The average Bonchev–Trinajstić information content (AvgIpc) is 3.09. The zero-order valence-electron chi connectivity index (χ0n) is 11.8. The normalized spacial score (nSPS) is 18.0. The highest BCUT2D eigenvalue weighted by atomic mass is 19.1. The van der Waals surface area contributed by atoms with Crippen LogP contribution in [0, 0.1) is 11.7 Å². The molecule has 1 aromatic heterocycles. The van der Waals surface area contributed by atoms with E-state index in [2.05, 4.69) is 22.1 Å². The molecule has 22 heavy (non-hydrogen) atoms. The second-order valence-electron chi connectivity index (χ2n) is 5.15. The number of amides is 2. The molecule has 2 N–H and O–H groups in total. The van der Waals surface area contributed by atoms with Crippen LogP contribution >= 0.6 is 0 Å². The molecular formula is C15H15FN4O2. The summed E-state index contributed by atoms with van der Waals surface area (Å²) in [7, 11) is 0. The quantitative estimate of drug-likeness (QED) is 0.837. The SMILES string of the molecule is C=CCNC(=O)[C@@H]1CC(=O)N(c2n[nH]c3cccc(F)c23)C1. The van der Waals surface area contributed by atoms with Gasteiger partial charge in [0.05, 0.1) is 16.8 Å². The van der Waals surface area contributed by atoms with E-state index in [1.807, 2.05) is 0 Å². The summed E-state index contributed by atoms with van der Waals surface area (Å²) in [5.41, 5.74) is 0.516. The first-order valence-electron chi connectivity index (χ1n) is 6.93. The molecule has 0 spiro atoms. The highest BCUT2D eigenvalue weighted by Gasteiger charge is 2.37. The molecule has 1 saturated heterocycles. The molecule has 0 aliphatic carbocycles. The number of aromatic nitrogens is 2. The van der Waals surface area contributed by atoms with Crippen LogP contribution in [0.4, 0.5) is 10.2 Å². The van der Waals surface area contributed by atoms with Crippen LogP contribution in [0.2, 0.25) is 0 Å². The minimum Gasteiger partial charge on any atom is -0.352 e. The van der Waals surface area contributed by atoms with Crippen molar-refractivity contribution in [1.82, 2.24) is 15.5 Å². The van der Waals surface area contributed by atoms with Crippen LogP contribution in [-0.2, 0) is 9.59 Å². The largest absolute Gasteiger partial charge is 0.352 e. The number of nitrogens with one attached hydrogen (secondary N) is 2. The number of H-pyrrole nitrogens is 1. The summed E-state index contributed by atoms with van der Waals surface area (Å²) in [6.45, 7) is 4.07. The van der Waals surface area contributed by atoms with E-state index in [1.165, 1.54) is 11.0 Å². The zero-order valence-corrected chi connectivity index (χ0v) is 11.8. The van der Waals surface area contributed by atoms with Crippen molar-refractivity contribution in [3.8, 4) is 0 Å². The predicted molar refractivity (Wildman–Crippen MR) is 79.7 cm³/mol. The van der Waals surface area contributed by atoms with E-state index in [0.717, 1.165) is 0 Å². The Morgan fingerprint density at radius 2 is 2.41 bits per heavy atom. The summed E-state index contributed by atoms with van der Waals surface area (Å²) in [5, 5.41) is 9.68. The van der Waals surface area contributed by atoms with Gasteiger partial charge in [-0.1, -0.05) is 12.1 Å². The Kier molecular flexibility index (Phi) is 3.62. The van der Waals surface area contributed by atoms with Gasteiger partial charge in [0.1, 0.15) is 5.82 Å². The van der Waals surface area contributed by atoms with Gasteiger partial charge in [0, 0.05) is 19.5 Å². The molecule has 0 unspecified atom stereocenters. The van der Waals surface area contributed by atoms with E-state index in [4.69, 9.17) is 0 Å². The molecule has 0 bridgehead atoms. The number of nitrogens with zero attached hydrogens (tertiary/aromatic N) is 2. The smallest absolute Gasteiger partial charge is 0.229 e. The minimum absolute atomic E-state index is 0.0891. The van der Waals surface area contributed by atoms with Gasteiger partial charge in [-0.3, -0.25) is 19.6 Å². The lowest BCUT2D eigenvalue weighted by Crippen LogP contribution is -2.33. The standard InChI is InChI=1S/C15H15FN4O2/c1-2-6-17-15(22)9-7-12(21)20(8-9)14-13-10(16)4-3-5-11(13)18-19-14/h2-5,9H,1,6-8H2,(H,17,22)(H,18,19)/t9-/m1/s1. The third kappa shape index (κ3) is 2.34. The van der Waals surface area contributed by atoms with Crippen molar-refractivity contribution in [1.29, 1.82) is 0 Å². The molecule has 0 saturated carbocycles. The first-order chi connectivity index (χ1) is 10.6. The summed E-state index contributed by atoms with van der Waals surface area (Å²) in [4.78, 5) is 25.5. The highest BCUT2D eigenvalue weighted by Crippen LogP contribution is 2.31. The Morgan fingerprint density at radius 3 is 3.18 bits per heavy atom. The maximum Gasteiger partial charge on any atom is 0.229 e. The number of hydrogen-bond acceptors (Lipinski definition) is 3. The molecule has 7 heteroatoms. The van der Waals surface area contributed by atoms with E-state index in [-0.39, 0.29) is 36.0 Å². The van der Waals surface area contributed by atoms with Crippen LogP contribution in [0.15, 0.2) is 30.9 Å². The minimum atomic E-state index is -0.467. The number of fused-ring (bicyclic) bond motifs is 1. The van der Waals surface area contributed by atoms with E-state index >= 15 is 0 Å². The van der Waals surface area contributed by atoms with Crippen LogP contribution in [0.3, 0.4) is 0 Å². The molecule has 6 nitrogen and oxygen atoms in total. The van der Waals surface area contributed by atoms with Crippen LogP contribution in [0.25, 0.3) is 10.9 Å². The molecule has 0 radical (unpaired) electrons. The summed E-state index contributed by atoms with van der Waals surface area (Å²) in [6, 6.07) is 4.57. The molecule has 1 aromatic carbocycles. The molecule has 1 atom stereocenters. The Bertz CT molecular complexity index is 755. The van der Waals surface area contributed by atoms with Gasteiger partial charge in [0.15, 0.2) is 5.82 Å². The fourth-order valence-electron chi connectivity index (χ4n) is 2.61. The third-order valence-corrected chi connectivity index (χ3v) is 3.69. The van der Waals surface area contributed by atoms with E-state index < -0.39 is 11.7 Å². The lowest BCUT2D eigenvalue weighted by molar-refractivity contribution is -0.126.